The van der Waals surface area contributed by atoms with E-state index in [-0.39, 0.29) is 17.5 Å². The van der Waals surface area contributed by atoms with Gasteiger partial charge in [-0.05, 0) is 24.5 Å². The highest BCUT2D eigenvalue weighted by Crippen LogP contribution is 2.32. The number of benzene rings is 1. The van der Waals surface area contributed by atoms with Gasteiger partial charge in [-0.2, -0.15) is 0 Å². The van der Waals surface area contributed by atoms with E-state index >= 15 is 0 Å². The molecule has 0 spiro atoms. The van der Waals surface area contributed by atoms with Crippen molar-refractivity contribution in [1.82, 2.24) is 10.2 Å². The van der Waals surface area contributed by atoms with Crippen LogP contribution in [0.15, 0.2) is 18.2 Å². The Kier molecular flexibility index (Phi) is 3.99. The Bertz CT molecular complexity index is 558. The molecule has 3 amide bonds. The molecule has 1 heterocycles. The molecule has 1 aromatic carbocycles. The molecule has 4 nitrogen and oxygen atoms in total. The zero-order chi connectivity index (χ0) is 14.9. The zero-order valence-corrected chi connectivity index (χ0v) is 12.1. The van der Waals surface area contributed by atoms with E-state index < -0.39 is 17.4 Å². The molecular formula is C14H16ClFN2O2. The number of halogens is 2. The van der Waals surface area contributed by atoms with Crippen molar-refractivity contribution in [2.24, 2.45) is 0 Å². The molecule has 0 unspecified atom stereocenters. The SMILES string of the molecule is CCC1(CC)C(=O)NC(=O)N1Cc1cccc(F)c1Cl. The van der Waals surface area contributed by atoms with Crippen molar-refractivity contribution in [3.05, 3.63) is 34.6 Å². The van der Waals surface area contributed by atoms with Crippen LogP contribution in [-0.2, 0) is 11.3 Å². The smallest absolute Gasteiger partial charge is 0.305 e. The lowest BCUT2D eigenvalue weighted by molar-refractivity contribution is -0.127. The van der Waals surface area contributed by atoms with Gasteiger partial charge in [-0.1, -0.05) is 37.6 Å². The van der Waals surface area contributed by atoms with Gasteiger partial charge in [0.05, 0.1) is 11.6 Å². The van der Waals surface area contributed by atoms with Crippen molar-refractivity contribution in [2.45, 2.75) is 38.8 Å². The average molecular weight is 299 g/mol. The molecule has 0 aromatic heterocycles. The van der Waals surface area contributed by atoms with Gasteiger partial charge >= 0.3 is 6.03 Å². The number of carbonyl (C=O) groups is 2. The average Bonchev–Trinajstić information content (AvgIpc) is 2.66. The van der Waals surface area contributed by atoms with Crippen LogP contribution in [0.4, 0.5) is 9.18 Å². The first-order chi connectivity index (χ1) is 9.46. The lowest BCUT2D eigenvalue weighted by Gasteiger charge is -2.33. The molecule has 108 valence electrons. The molecule has 0 radical (unpaired) electrons. The quantitative estimate of drug-likeness (QED) is 0.868. The van der Waals surface area contributed by atoms with Gasteiger partial charge < -0.3 is 4.90 Å². The normalized spacial score (nSPS) is 17.5. The number of nitrogens with zero attached hydrogens (tertiary/aromatic N) is 1. The molecule has 1 fully saturated rings. The van der Waals surface area contributed by atoms with Crippen LogP contribution in [0.2, 0.25) is 5.02 Å². The van der Waals surface area contributed by atoms with E-state index in [1.807, 2.05) is 13.8 Å². The Balaban J connectivity index is 2.38. The summed E-state index contributed by atoms with van der Waals surface area (Å²) in [6.07, 6.45) is 0.988. The summed E-state index contributed by atoms with van der Waals surface area (Å²) in [6.45, 7) is 3.81. The summed E-state index contributed by atoms with van der Waals surface area (Å²) in [5.74, 6) is -0.839. The topological polar surface area (TPSA) is 49.4 Å². The van der Waals surface area contributed by atoms with Crippen LogP contribution >= 0.6 is 11.6 Å². The zero-order valence-electron chi connectivity index (χ0n) is 11.4. The first-order valence-corrected chi connectivity index (χ1v) is 6.90. The van der Waals surface area contributed by atoms with Gasteiger partial charge in [-0.3, -0.25) is 10.1 Å². The largest absolute Gasteiger partial charge is 0.325 e. The molecule has 6 heteroatoms. The standard InChI is InChI=1S/C14H16ClFN2O2/c1-3-14(4-2)12(19)17-13(20)18(14)8-9-6-5-7-10(16)11(9)15/h5-7H,3-4,8H2,1-2H3,(H,17,19,20). The second-order valence-electron chi connectivity index (χ2n) is 4.80. The highest BCUT2D eigenvalue weighted by atomic mass is 35.5. The molecule has 1 N–H and O–H groups in total. The number of hydrogen-bond acceptors (Lipinski definition) is 2. The van der Waals surface area contributed by atoms with Crippen LogP contribution in [0.5, 0.6) is 0 Å². The minimum absolute atomic E-state index is 0.0132. The van der Waals surface area contributed by atoms with Gasteiger partial charge in [-0.25, -0.2) is 9.18 Å². The van der Waals surface area contributed by atoms with Crippen molar-refractivity contribution in [2.75, 3.05) is 0 Å². The Hall–Kier alpha value is -1.62. The first kappa shape index (κ1) is 14.8. The van der Waals surface area contributed by atoms with Crippen molar-refractivity contribution in [3.63, 3.8) is 0 Å². The number of imide groups is 1. The van der Waals surface area contributed by atoms with Crippen molar-refractivity contribution in [3.8, 4) is 0 Å². The molecule has 1 saturated heterocycles. The predicted molar refractivity (Wildman–Crippen MR) is 73.8 cm³/mol. The van der Waals surface area contributed by atoms with Crippen LogP contribution < -0.4 is 5.32 Å². The van der Waals surface area contributed by atoms with Gasteiger partial charge in [0.2, 0.25) is 0 Å². The maximum Gasteiger partial charge on any atom is 0.325 e. The van der Waals surface area contributed by atoms with Crippen LogP contribution in [0, 0.1) is 5.82 Å². The highest BCUT2D eigenvalue weighted by molar-refractivity contribution is 6.31. The van der Waals surface area contributed by atoms with E-state index in [2.05, 4.69) is 5.32 Å². The fourth-order valence-corrected chi connectivity index (χ4v) is 2.80. The lowest BCUT2D eigenvalue weighted by Crippen LogP contribution is -2.48. The van der Waals surface area contributed by atoms with Crippen molar-refractivity contribution < 1.29 is 14.0 Å². The molecule has 1 aliphatic rings. The molecule has 0 atom stereocenters. The number of nitrogens with one attached hydrogen (secondary N) is 1. The summed E-state index contributed by atoms with van der Waals surface area (Å²) >= 11 is 5.92. The van der Waals surface area contributed by atoms with Crippen LogP contribution in [-0.4, -0.2) is 22.4 Å². The molecule has 0 aliphatic carbocycles. The molecule has 2 rings (SSSR count). The van der Waals surface area contributed by atoms with Gasteiger partial charge in [0, 0.05) is 0 Å². The fraction of sp³-hybridized carbons (Fsp3) is 0.429. The maximum atomic E-state index is 13.5. The Morgan fingerprint density at radius 3 is 2.55 bits per heavy atom. The molecular weight excluding hydrogens is 283 g/mol. The fourth-order valence-electron chi connectivity index (χ4n) is 2.61. The summed E-state index contributed by atoms with van der Waals surface area (Å²) in [5.41, 5.74) is -0.394. The van der Waals surface area contributed by atoms with E-state index in [0.717, 1.165) is 0 Å². The van der Waals surface area contributed by atoms with Crippen molar-refractivity contribution >= 4 is 23.5 Å². The molecule has 0 bridgehead atoms. The minimum Gasteiger partial charge on any atom is -0.305 e. The third-order valence-electron chi connectivity index (χ3n) is 3.93. The summed E-state index contributed by atoms with van der Waals surface area (Å²) in [5, 5.41) is 2.31. The summed E-state index contributed by atoms with van der Waals surface area (Å²) in [6, 6.07) is 3.98. The Morgan fingerprint density at radius 1 is 1.30 bits per heavy atom. The maximum absolute atomic E-state index is 13.5. The van der Waals surface area contributed by atoms with Gasteiger partial charge in [0.25, 0.3) is 5.91 Å². The third-order valence-corrected chi connectivity index (χ3v) is 4.36. The van der Waals surface area contributed by atoms with E-state index in [4.69, 9.17) is 11.6 Å². The second-order valence-corrected chi connectivity index (χ2v) is 5.18. The van der Waals surface area contributed by atoms with Crippen molar-refractivity contribution in [1.29, 1.82) is 0 Å². The monoisotopic (exact) mass is 298 g/mol. The minimum atomic E-state index is -0.882. The second kappa shape index (κ2) is 5.40. The van der Waals surface area contributed by atoms with E-state index in [1.165, 1.54) is 17.0 Å². The number of hydrogen-bond donors (Lipinski definition) is 1. The molecule has 0 saturated carbocycles. The number of carbonyl (C=O) groups excluding carboxylic acids is 2. The molecule has 1 aromatic rings. The molecule has 1 aliphatic heterocycles. The highest BCUT2D eigenvalue weighted by Gasteiger charge is 2.50. The Labute approximate surface area is 121 Å². The van der Waals surface area contributed by atoms with E-state index in [9.17, 15) is 14.0 Å². The predicted octanol–water partition coefficient (Wildman–Crippen LogP) is 3.09. The summed E-state index contributed by atoms with van der Waals surface area (Å²) in [7, 11) is 0. The summed E-state index contributed by atoms with van der Waals surface area (Å²) < 4.78 is 13.5. The summed E-state index contributed by atoms with van der Waals surface area (Å²) in [4.78, 5) is 25.5. The Morgan fingerprint density at radius 2 is 1.95 bits per heavy atom. The van der Waals surface area contributed by atoms with Crippen LogP contribution in [0.1, 0.15) is 32.3 Å². The van der Waals surface area contributed by atoms with Crippen LogP contribution in [0.3, 0.4) is 0 Å². The van der Waals surface area contributed by atoms with Gasteiger partial charge in [-0.15, -0.1) is 0 Å². The number of rotatable bonds is 4. The lowest BCUT2D eigenvalue weighted by atomic mass is 9.91. The number of amides is 3. The molecule has 20 heavy (non-hydrogen) atoms. The van der Waals surface area contributed by atoms with Gasteiger partial charge in [0.15, 0.2) is 0 Å². The van der Waals surface area contributed by atoms with E-state index in [0.29, 0.717) is 18.4 Å². The van der Waals surface area contributed by atoms with Crippen LogP contribution in [0.25, 0.3) is 0 Å². The third kappa shape index (κ3) is 2.16. The van der Waals surface area contributed by atoms with E-state index in [1.54, 1.807) is 6.07 Å². The van der Waals surface area contributed by atoms with Gasteiger partial charge in [0.1, 0.15) is 11.4 Å². The first-order valence-electron chi connectivity index (χ1n) is 6.52. The number of urea groups is 1.